The Balaban J connectivity index is 1.41. The Morgan fingerprint density at radius 2 is 2.20 bits per heavy atom. The summed E-state index contributed by atoms with van der Waals surface area (Å²) < 4.78 is 0. The molecule has 1 N–H and O–H groups in total. The fourth-order valence-corrected chi connectivity index (χ4v) is 4.56. The highest BCUT2D eigenvalue weighted by molar-refractivity contribution is 6.31. The first kappa shape index (κ1) is 16.2. The van der Waals surface area contributed by atoms with Gasteiger partial charge in [0.1, 0.15) is 0 Å². The molecule has 1 aromatic rings. The maximum Gasteiger partial charge on any atom is 0.227 e. The average molecular weight is 359 g/mol. The number of carbonyl (C=O) groups is 2. The number of nitrogens with one attached hydrogen (secondary N) is 1. The van der Waals surface area contributed by atoms with E-state index in [4.69, 9.17) is 11.6 Å². The maximum absolute atomic E-state index is 12.6. The highest BCUT2D eigenvalue weighted by Gasteiger charge is 2.47. The van der Waals surface area contributed by atoms with Crippen molar-refractivity contribution in [2.45, 2.75) is 43.8 Å². The third-order valence-corrected chi connectivity index (χ3v) is 5.83. The Labute approximate surface area is 151 Å². The molecule has 3 heterocycles. The summed E-state index contributed by atoms with van der Waals surface area (Å²) in [4.78, 5) is 28.4. The minimum Gasteiger partial charge on any atom is -0.351 e. The van der Waals surface area contributed by atoms with Crippen LogP contribution in [-0.4, -0.2) is 41.4 Å². The van der Waals surface area contributed by atoms with Gasteiger partial charge in [0.2, 0.25) is 11.8 Å². The van der Waals surface area contributed by atoms with E-state index >= 15 is 0 Å². The van der Waals surface area contributed by atoms with Gasteiger partial charge in [-0.05, 0) is 37.5 Å². The fourth-order valence-electron chi connectivity index (χ4n) is 4.38. The molecule has 4 rings (SSSR count). The van der Waals surface area contributed by atoms with Crippen molar-refractivity contribution in [1.82, 2.24) is 10.2 Å². The van der Waals surface area contributed by atoms with Crippen molar-refractivity contribution < 1.29 is 9.59 Å². The van der Waals surface area contributed by atoms with Gasteiger partial charge in [0.25, 0.3) is 0 Å². The normalized spacial score (nSPS) is 30.6. The SMILES string of the molecule is N#CN1[C@H]2CC[C@@H]1[C@H](NC(=O)[C@@H]1CC(=O)N(c3cccc(Cl)c3)C1)C2. The van der Waals surface area contributed by atoms with Crippen molar-refractivity contribution in [1.29, 1.82) is 5.26 Å². The van der Waals surface area contributed by atoms with Crippen molar-refractivity contribution in [2.75, 3.05) is 11.4 Å². The van der Waals surface area contributed by atoms with Crippen molar-refractivity contribution in [3.8, 4) is 6.19 Å². The Kier molecular flexibility index (Phi) is 4.04. The van der Waals surface area contributed by atoms with E-state index in [-0.39, 0.29) is 42.3 Å². The van der Waals surface area contributed by atoms with Crippen LogP contribution in [0.5, 0.6) is 0 Å². The number of halogens is 1. The molecule has 1 aromatic carbocycles. The average Bonchev–Trinajstić information content (AvgIpc) is 3.26. The van der Waals surface area contributed by atoms with Gasteiger partial charge in [-0.15, -0.1) is 0 Å². The van der Waals surface area contributed by atoms with Gasteiger partial charge < -0.3 is 15.1 Å². The second-order valence-electron chi connectivity index (χ2n) is 7.04. The van der Waals surface area contributed by atoms with Crippen molar-refractivity contribution in [3.05, 3.63) is 29.3 Å². The van der Waals surface area contributed by atoms with Gasteiger partial charge in [0.05, 0.1) is 18.0 Å². The van der Waals surface area contributed by atoms with Crippen molar-refractivity contribution in [2.24, 2.45) is 5.92 Å². The smallest absolute Gasteiger partial charge is 0.227 e. The molecular formula is C18H19ClN4O2. The van der Waals surface area contributed by atoms with E-state index in [1.54, 1.807) is 23.1 Å². The number of nitriles is 1. The second kappa shape index (κ2) is 6.23. The topological polar surface area (TPSA) is 76.4 Å². The van der Waals surface area contributed by atoms with E-state index < -0.39 is 0 Å². The fraction of sp³-hybridized carbons (Fsp3) is 0.500. The van der Waals surface area contributed by atoms with Crippen LogP contribution in [0.3, 0.4) is 0 Å². The highest BCUT2D eigenvalue weighted by Crippen LogP contribution is 2.37. The second-order valence-corrected chi connectivity index (χ2v) is 7.48. The van der Waals surface area contributed by atoms with Gasteiger partial charge in [-0.25, -0.2) is 0 Å². The van der Waals surface area contributed by atoms with E-state index in [9.17, 15) is 14.9 Å². The monoisotopic (exact) mass is 358 g/mol. The lowest BCUT2D eigenvalue weighted by Crippen LogP contribution is -2.46. The molecule has 0 radical (unpaired) electrons. The summed E-state index contributed by atoms with van der Waals surface area (Å²) in [5.74, 6) is -0.511. The molecule has 4 atom stereocenters. The minimum absolute atomic E-state index is 0.0150. The Morgan fingerprint density at radius 1 is 1.36 bits per heavy atom. The summed E-state index contributed by atoms with van der Waals surface area (Å²) in [6.07, 6.45) is 5.25. The van der Waals surface area contributed by atoms with Crippen LogP contribution in [0.2, 0.25) is 5.02 Å². The lowest BCUT2D eigenvalue weighted by Gasteiger charge is -2.23. The molecule has 0 saturated carbocycles. The molecule has 3 aliphatic rings. The molecule has 2 bridgehead atoms. The minimum atomic E-state index is -0.360. The molecule has 25 heavy (non-hydrogen) atoms. The summed E-state index contributed by atoms with van der Waals surface area (Å²) in [7, 11) is 0. The van der Waals surface area contributed by atoms with Crippen molar-refractivity contribution >= 4 is 29.1 Å². The van der Waals surface area contributed by atoms with Gasteiger partial charge >= 0.3 is 0 Å². The van der Waals surface area contributed by atoms with Crippen LogP contribution < -0.4 is 10.2 Å². The van der Waals surface area contributed by atoms with Crippen LogP contribution in [0.1, 0.15) is 25.7 Å². The highest BCUT2D eigenvalue weighted by atomic mass is 35.5. The van der Waals surface area contributed by atoms with Crippen LogP contribution in [0.15, 0.2) is 24.3 Å². The number of hydrogen-bond acceptors (Lipinski definition) is 4. The van der Waals surface area contributed by atoms with Crippen LogP contribution in [-0.2, 0) is 9.59 Å². The standard InChI is InChI=1S/C18H19ClN4O2/c19-12-2-1-3-13(7-12)22-9-11(6-17(22)24)18(25)21-15-8-14-4-5-16(15)23(14)10-20/h1-3,7,11,14-16H,4-6,8-9H2,(H,21,25)/t11-,14+,15-,16-/m1/s1. The van der Waals surface area contributed by atoms with E-state index in [0.717, 1.165) is 24.9 Å². The van der Waals surface area contributed by atoms with Crippen LogP contribution in [0.4, 0.5) is 5.69 Å². The predicted molar refractivity (Wildman–Crippen MR) is 92.7 cm³/mol. The zero-order valence-electron chi connectivity index (χ0n) is 13.7. The number of anilines is 1. The molecule has 0 aromatic heterocycles. The quantitative estimate of drug-likeness (QED) is 0.837. The Hall–Kier alpha value is -2.26. The summed E-state index contributed by atoms with van der Waals surface area (Å²) in [6.45, 7) is 0.369. The van der Waals surface area contributed by atoms with Gasteiger partial charge in [-0.1, -0.05) is 17.7 Å². The number of benzene rings is 1. The van der Waals surface area contributed by atoms with E-state index in [2.05, 4.69) is 11.5 Å². The molecule has 3 saturated heterocycles. The molecule has 0 unspecified atom stereocenters. The lowest BCUT2D eigenvalue weighted by atomic mass is 9.94. The first-order chi connectivity index (χ1) is 12.1. The zero-order valence-corrected chi connectivity index (χ0v) is 14.4. The number of fused-ring (bicyclic) bond motifs is 2. The third-order valence-electron chi connectivity index (χ3n) is 5.60. The van der Waals surface area contributed by atoms with E-state index in [0.29, 0.717) is 11.6 Å². The molecule has 2 amide bonds. The molecule has 6 nitrogen and oxygen atoms in total. The Morgan fingerprint density at radius 3 is 2.92 bits per heavy atom. The number of amides is 2. The first-order valence-electron chi connectivity index (χ1n) is 8.61. The van der Waals surface area contributed by atoms with Crippen LogP contribution in [0, 0.1) is 17.4 Å². The molecule has 0 spiro atoms. The molecular weight excluding hydrogens is 340 g/mol. The summed E-state index contributed by atoms with van der Waals surface area (Å²) in [5.41, 5.74) is 0.725. The summed E-state index contributed by atoms with van der Waals surface area (Å²) >= 11 is 6.00. The van der Waals surface area contributed by atoms with Gasteiger partial charge in [0, 0.05) is 29.7 Å². The van der Waals surface area contributed by atoms with Crippen LogP contribution in [0.25, 0.3) is 0 Å². The molecule has 0 aliphatic carbocycles. The maximum atomic E-state index is 12.6. The largest absolute Gasteiger partial charge is 0.351 e. The Bertz CT molecular complexity index is 762. The summed E-state index contributed by atoms with van der Waals surface area (Å²) in [6, 6.07) is 7.50. The van der Waals surface area contributed by atoms with E-state index in [1.165, 1.54) is 0 Å². The molecule has 3 fully saturated rings. The van der Waals surface area contributed by atoms with Crippen LogP contribution >= 0.6 is 11.6 Å². The van der Waals surface area contributed by atoms with Crippen molar-refractivity contribution in [3.63, 3.8) is 0 Å². The van der Waals surface area contributed by atoms with Gasteiger partial charge in [-0.3, -0.25) is 9.59 Å². The molecule has 3 aliphatic heterocycles. The number of nitrogens with zero attached hydrogens (tertiary/aromatic N) is 3. The zero-order chi connectivity index (χ0) is 17.6. The van der Waals surface area contributed by atoms with E-state index in [1.807, 2.05) is 11.0 Å². The van der Waals surface area contributed by atoms with Gasteiger partial charge in [0.15, 0.2) is 6.19 Å². The number of carbonyl (C=O) groups excluding carboxylic acids is 2. The summed E-state index contributed by atoms with van der Waals surface area (Å²) in [5, 5.41) is 12.9. The third kappa shape index (κ3) is 2.83. The lowest BCUT2D eigenvalue weighted by molar-refractivity contribution is -0.127. The number of rotatable bonds is 3. The molecule has 7 heteroatoms. The molecule has 130 valence electrons. The predicted octanol–water partition coefficient (Wildman–Crippen LogP) is 1.90. The van der Waals surface area contributed by atoms with Gasteiger partial charge in [-0.2, -0.15) is 5.26 Å². The number of hydrogen-bond donors (Lipinski definition) is 1. The first-order valence-corrected chi connectivity index (χ1v) is 8.99.